The lowest BCUT2D eigenvalue weighted by molar-refractivity contribution is 0.115. The molecule has 1 aliphatic rings. The molecule has 14 heavy (non-hydrogen) atoms. The third-order valence-corrected chi connectivity index (χ3v) is 2.67. The van der Waals surface area contributed by atoms with E-state index in [0.717, 1.165) is 24.7 Å². The number of nitrogens with zero attached hydrogens (tertiary/aromatic N) is 1. The van der Waals surface area contributed by atoms with Crippen molar-refractivity contribution in [3.63, 3.8) is 0 Å². The van der Waals surface area contributed by atoms with Gasteiger partial charge in [0, 0.05) is 25.5 Å². The summed E-state index contributed by atoms with van der Waals surface area (Å²) in [5.74, 6) is 2.05. The van der Waals surface area contributed by atoms with Crippen LogP contribution >= 0.6 is 0 Å². The Labute approximate surface area is 83.4 Å². The fourth-order valence-electron chi connectivity index (χ4n) is 1.84. The van der Waals surface area contributed by atoms with Crippen LogP contribution in [-0.2, 0) is 11.2 Å². The Bertz CT molecular complexity index is 298. The highest BCUT2D eigenvalue weighted by Gasteiger charge is 2.28. The molecule has 2 heterocycles. The van der Waals surface area contributed by atoms with E-state index < -0.39 is 0 Å². The van der Waals surface area contributed by atoms with E-state index in [0.29, 0.717) is 18.9 Å². The predicted octanol–water partition coefficient (Wildman–Crippen LogP) is 1.07. The molecule has 0 aromatic carbocycles. The van der Waals surface area contributed by atoms with Gasteiger partial charge >= 0.3 is 0 Å². The topological polar surface area (TPSA) is 61.3 Å². The van der Waals surface area contributed by atoms with Crippen molar-refractivity contribution in [2.45, 2.75) is 31.8 Å². The minimum Gasteiger partial charge on any atom is -0.445 e. The van der Waals surface area contributed by atoms with Gasteiger partial charge in [-0.15, -0.1) is 0 Å². The molecule has 4 heteroatoms. The minimum atomic E-state index is 0.244. The van der Waals surface area contributed by atoms with Gasteiger partial charge in [0.15, 0.2) is 5.89 Å². The average molecular weight is 196 g/mol. The SMILES string of the molecule is CC1OCCC1c1cnc(CCN)o1. The summed E-state index contributed by atoms with van der Waals surface area (Å²) in [5.41, 5.74) is 5.43. The van der Waals surface area contributed by atoms with Gasteiger partial charge in [0.1, 0.15) is 5.76 Å². The van der Waals surface area contributed by atoms with Gasteiger partial charge in [0.05, 0.1) is 12.3 Å². The number of rotatable bonds is 3. The van der Waals surface area contributed by atoms with Crippen molar-refractivity contribution >= 4 is 0 Å². The lowest BCUT2D eigenvalue weighted by atomic mass is 10.0. The van der Waals surface area contributed by atoms with E-state index in [-0.39, 0.29) is 6.10 Å². The molecule has 2 atom stereocenters. The Balaban J connectivity index is 2.08. The molecule has 1 fully saturated rings. The standard InChI is InChI=1S/C10H16N2O2/c1-7-8(3-5-13-7)9-6-12-10(14-9)2-4-11/h6-8H,2-5,11H2,1H3. The third kappa shape index (κ3) is 1.81. The number of nitrogens with two attached hydrogens (primary N) is 1. The summed E-state index contributed by atoms with van der Waals surface area (Å²) in [6, 6.07) is 0. The van der Waals surface area contributed by atoms with Crippen LogP contribution in [0.2, 0.25) is 0 Å². The van der Waals surface area contributed by atoms with Crippen molar-refractivity contribution in [2.24, 2.45) is 5.73 Å². The van der Waals surface area contributed by atoms with E-state index in [1.807, 2.05) is 0 Å². The second kappa shape index (κ2) is 4.11. The van der Waals surface area contributed by atoms with E-state index in [1.165, 1.54) is 0 Å². The van der Waals surface area contributed by atoms with Gasteiger partial charge in [-0.1, -0.05) is 0 Å². The van der Waals surface area contributed by atoms with Crippen molar-refractivity contribution in [3.8, 4) is 0 Å². The second-order valence-corrected chi connectivity index (χ2v) is 3.67. The van der Waals surface area contributed by atoms with Crippen LogP contribution in [0.25, 0.3) is 0 Å². The maximum absolute atomic E-state index is 5.61. The molecular formula is C10H16N2O2. The molecule has 0 aliphatic carbocycles. The average Bonchev–Trinajstić information content (AvgIpc) is 2.74. The van der Waals surface area contributed by atoms with Crippen LogP contribution < -0.4 is 5.73 Å². The number of aromatic nitrogens is 1. The Kier molecular flexibility index (Phi) is 2.84. The smallest absolute Gasteiger partial charge is 0.195 e. The first-order valence-electron chi connectivity index (χ1n) is 5.07. The van der Waals surface area contributed by atoms with E-state index >= 15 is 0 Å². The van der Waals surface area contributed by atoms with E-state index in [1.54, 1.807) is 6.20 Å². The number of hydrogen-bond donors (Lipinski definition) is 1. The highest BCUT2D eigenvalue weighted by Crippen LogP contribution is 2.31. The quantitative estimate of drug-likeness (QED) is 0.785. The van der Waals surface area contributed by atoms with Crippen LogP contribution in [0.15, 0.2) is 10.6 Å². The summed E-state index contributed by atoms with van der Waals surface area (Å²) >= 11 is 0. The predicted molar refractivity (Wildman–Crippen MR) is 52.0 cm³/mol. The highest BCUT2D eigenvalue weighted by molar-refractivity contribution is 5.06. The summed E-state index contributed by atoms with van der Waals surface area (Å²) in [6.45, 7) is 3.47. The molecule has 0 saturated carbocycles. The molecule has 0 radical (unpaired) electrons. The van der Waals surface area contributed by atoms with Crippen LogP contribution in [0, 0.1) is 0 Å². The molecule has 2 unspecified atom stereocenters. The molecule has 2 N–H and O–H groups in total. The third-order valence-electron chi connectivity index (χ3n) is 2.67. The number of ether oxygens (including phenoxy) is 1. The molecule has 0 bridgehead atoms. The first kappa shape index (κ1) is 9.68. The lowest BCUT2D eigenvalue weighted by Crippen LogP contribution is -2.08. The zero-order chi connectivity index (χ0) is 9.97. The summed E-state index contributed by atoms with van der Waals surface area (Å²) < 4.78 is 11.1. The van der Waals surface area contributed by atoms with E-state index in [2.05, 4.69) is 11.9 Å². The van der Waals surface area contributed by atoms with E-state index in [9.17, 15) is 0 Å². The lowest BCUT2D eigenvalue weighted by Gasteiger charge is -2.09. The van der Waals surface area contributed by atoms with Gasteiger partial charge in [-0.25, -0.2) is 4.98 Å². The first-order valence-corrected chi connectivity index (χ1v) is 5.07. The maximum atomic E-state index is 5.61. The van der Waals surface area contributed by atoms with Gasteiger partial charge in [-0.2, -0.15) is 0 Å². The second-order valence-electron chi connectivity index (χ2n) is 3.67. The normalized spacial score (nSPS) is 27.0. The molecule has 1 aliphatic heterocycles. The van der Waals surface area contributed by atoms with Gasteiger partial charge < -0.3 is 14.9 Å². The highest BCUT2D eigenvalue weighted by atomic mass is 16.5. The first-order chi connectivity index (χ1) is 6.81. The summed E-state index contributed by atoms with van der Waals surface area (Å²) in [6.07, 6.45) is 3.79. The molecular weight excluding hydrogens is 180 g/mol. The zero-order valence-corrected chi connectivity index (χ0v) is 8.40. The van der Waals surface area contributed by atoms with Gasteiger partial charge in [0.25, 0.3) is 0 Å². The van der Waals surface area contributed by atoms with Crippen LogP contribution in [0.1, 0.15) is 30.9 Å². The maximum Gasteiger partial charge on any atom is 0.195 e. The molecule has 4 nitrogen and oxygen atoms in total. The Hall–Kier alpha value is -0.870. The molecule has 0 amide bonds. The largest absolute Gasteiger partial charge is 0.445 e. The van der Waals surface area contributed by atoms with Gasteiger partial charge in [-0.3, -0.25) is 0 Å². The van der Waals surface area contributed by atoms with Crippen molar-refractivity contribution in [1.29, 1.82) is 0 Å². The van der Waals surface area contributed by atoms with Crippen molar-refractivity contribution < 1.29 is 9.15 Å². The van der Waals surface area contributed by atoms with Crippen molar-refractivity contribution in [3.05, 3.63) is 17.8 Å². The van der Waals surface area contributed by atoms with Crippen LogP contribution in [-0.4, -0.2) is 24.2 Å². The Morgan fingerprint density at radius 2 is 2.50 bits per heavy atom. The molecule has 78 valence electrons. The van der Waals surface area contributed by atoms with Crippen molar-refractivity contribution in [2.75, 3.05) is 13.2 Å². The van der Waals surface area contributed by atoms with Crippen molar-refractivity contribution in [1.82, 2.24) is 4.98 Å². The zero-order valence-electron chi connectivity index (χ0n) is 8.40. The van der Waals surface area contributed by atoms with E-state index in [4.69, 9.17) is 14.9 Å². The minimum absolute atomic E-state index is 0.244. The van der Waals surface area contributed by atoms with Crippen LogP contribution in [0.3, 0.4) is 0 Å². The van der Waals surface area contributed by atoms with Gasteiger partial charge in [0.2, 0.25) is 0 Å². The molecule has 1 saturated heterocycles. The summed E-state index contributed by atoms with van der Waals surface area (Å²) in [7, 11) is 0. The van der Waals surface area contributed by atoms with Crippen LogP contribution in [0.5, 0.6) is 0 Å². The van der Waals surface area contributed by atoms with Crippen LogP contribution in [0.4, 0.5) is 0 Å². The number of hydrogen-bond acceptors (Lipinski definition) is 4. The summed E-state index contributed by atoms with van der Waals surface area (Å²) in [5, 5.41) is 0. The fourth-order valence-corrected chi connectivity index (χ4v) is 1.84. The van der Waals surface area contributed by atoms with Gasteiger partial charge in [-0.05, 0) is 13.3 Å². The molecule has 1 aromatic heterocycles. The monoisotopic (exact) mass is 196 g/mol. The summed E-state index contributed by atoms with van der Waals surface area (Å²) in [4.78, 5) is 4.18. The Morgan fingerprint density at radius 3 is 3.14 bits per heavy atom. The Morgan fingerprint density at radius 1 is 1.64 bits per heavy atom. The molecule has 0 spiro atoms. The molecule has 1 aromatic rings. The fraction of sp³-hybridized carbons (Fsp3) is 0.700. The number of oxazole rings is 1. The molecule has 2 rings (SSSR count).